The number of benzene rings is 1. The summed E-state index contributed by atoms with van der Waals surface area (Å²) in [6, 6.07) is 6.97. The van der Waals surface area contributed by atoms with E-state index in [1.165, 1.54) is 12.5 Å². The summed E-state index contributed by atoms with van der Waals surface area (Å²) in [6.45, 7) is 9.42. The summed E-state index contributed by atoms with van der Waals surface area (Å²) < 4.78 is 14.0. The third kappa shape index (κ3) is 3.13. The minimum Gasteiger partial charge on any atom is -0.299 e. The summed E-state index contributed by atoms with van der Waals surface area (Å²) >= 11 is 0. The first-order chi connectivity index (χ1) is 8.91. The van der Waals surface area contributed by atoms with E-state index in [4.69, 9.17) is 5.26 Å². The van der Waals surface area contributed by atoms with Gasteiger partial charge in [0.1, 0.15) is 11.9 Å². The molecule has 0 bridgehead atoms. The van der Waals surface area contributed by atoms with Gasteiger partial charge < -0.3 is 0 Å². The van der Waals surface area contributed by atoms with Gasteiger partial charge in [0.05, 0.1) is 5.56 Å². The van der Waals surface area contributed by atoms with Crippen LogP contribution in [0.25, 0.3) is 0 Å². The Hall–Kier alpha value is -1.40. The van der Waals surface area contributed by atoms with Crippen molar-refractivity contribution in [2.75, 3.05) is 13.1 Å². The van der Waals surface area contributed by atoms with Crippen LogP contribution in [0.4, 0.5) is 4.39 Å². The molecule has 1 aromatic rings. The van der Waals surface area contributed by atoms with Crippen LogP contribution in [0, 0.1) is 28.5 Å². The molecule has 0 radical (unpaired) electrons. The van der Waals surface area contributed by atoms with E-state index in [9.17, 15) is 4.39 Å². The van der Waals surface area contributed by atoms with Crippen LogP contribution in [0.2, 0.25) is 0 Å². The molecule has 1 unspecified atom stereocenters. The zero-order valence-electron chi connectivity index (χ0n) is 11.9. The van der Waals surface area contributed by atoms with Gasteiger partial charge >= 0.3 is 0 Å². The second-order valence-electron chi connectivity index (χ2n) is 6.48. The van der Waals surface area contributed by atoms with Crippen LogP contribution >= 0.6 is 0 Å². The SMILES string of the molecule is CC(C)(C)C1CCN(Cc2cccc(C#N)c2F)C1. The van der Waals surface area contributed by atoms with Crippen molar-refractivity contribution in [1.29, 1.82) is 5.26 Å². The molecule has 102 valence electrons. The Labute approximate surface area is 114 Å². The molecular weight excluding hydrogens is 239 g/mol. The second kappa shape index (κ2) is 5.30. The molecule has 3 heteroatoms. The molecule has 0 spiro atoms. The van der Waals surface area contributed by atoms with Crippen LogP contribution in [-0.2, 0) is 6.54 Å². The van der Waals surface area contributed by atoms with Gasteiger partial charge in [-0.15, -0.1) is 0 Å². The zero-order valence-corrected chi connectivity index (χ0v) is 11.9. The zero-order chi connectivity index (χ0) is 14.0. The summed E-state index contributed by atoms with van der Waals surface area (Å²) in [5, 5.41) is 8.85. The van der Waals surface area contributed by atoms with E-state index in [2.05, 4.69) is 25.7 Å². The van der Waals surface area contributed by atoms with Gasteiger partial charge in [-0.25, -0.2) is 4.39 Å². The number of hydrogen-bond donors (Lipinski definition) is 0. The van der Waals surface area contributed by atoms with Crippen molar-refractivity contribution in [2.45, 2.75) is 33.7 Å². The van der Waals surface area contributed by atoms with Crippen molar-refractivity contribution in [3.63, 3.8) is 0 Å². The molecule has 0 amide bonds. The van der Waals surface area contributed by atoms with E-state index in [0.717, 1.165) is 13.1 Å². The van der Waals surface area contributed by atoms with Crippen molar-refractivity contribution in [2.24, 2.45) is 11.3 Å². The van der Waals surface area contributed by atoms with Crippen molar-refractivity contribution in [3.05, 3.63) is 35.1 Å². The maximum Gasteiger partial charge on any atom is 0.145 e. The van der Waals surface area contributed by atoms with Gasteiger partial charge in [-0.05, 0) is 30.4 Å². The van der Waals surface area contributed by atoms with Gasteiger partial charge in [-0.3, -0.25) is 4.90 Å². The second-order valence-corrected chi connectivity index (χ2v) is 6.48. The predicted molar refractivity (Wildman–Crippen MR) is 74.0 cm³/mol. The van der Waals surface area contributed by atoms with E-state index < -0.39 is 0 Å². The van der Waals surface area contributed by atoms with Gasteiger partial charge in [-0.1, -0.05) is 32.9 Å². The minimum atomic E-state index is -0.357. The van der Waals surface area contributed by atoms with Crippen molar-refractivity contribution in [3.8, 4) is 6.07 Å². The van der Waals surface area contributed by atoms with E-state index >= 15 is 0 Å². The fourth-order valence-corrected chi connectivity index (χ4v) is 2.71. The quantitative estimate of drug-likeness (QED) is 0.813. The molecule has 1 fully saturated rings. The minimum absolute atomic E-state index is 0.143. The van der Waals surface area contributed by atoms with Gasteiger partial charge in [0.2, 0.25) is 0 Å². The van der Waals surface area contributed by atoms with E-state index in [1.54, 1.807) is 12.1 Å². The van der Waals surface area contributed by atoms with Crippen LogP contribution in [0.5, 0.6) is 0 Å². The highest BCUT2D eigenvalue weighted by Gasteiger charge is 2.31. The topological polar surface area (TPSA) is 27.0 Å². The largest absolute Gasteiger partial charge is 0.299 e. The highest BCUT2D eigenvalue weighted by Crippen LogP contribution is 2.34. The average Bonchev–Trinajstić information content (AvgIpc) is 2.80. The van der Waals surface area contributed by atoms with Crippen molar-refractivity contribution >= 4 is 0 Å². The lowest BCUT2D eigenvalue weighted by Gasteiger charge is -2.27. The first kappa shape index (κ1) is 14.0. The molecule has 1 saturated heterocycles. The van der Waals surface area contributed by atoms with Gasteiger partial charge in [0.25, 0.3) is 0 Å². The van der Waals surface area contributed by atoms with Gasteiger partial charge in [-0.2, -0.15) is 5.26 Å². The molecule has 0 aliphatic carbocycles. The number of likely N-dealkylation sites (tertiary alicyclic amines) is 1. The fourth-order valence-electron chi connectivity index (χ4n) is 2.71. The average molecular weight is 260 g/mol. The Kier molecular flexibility index (Phi) is 3.91. The van der Waals surface area contributed by atoms with E-state index in [-0.39, 0.29) is 11.4 Å². The number of hydrogen-bond acceptors (Lipinski definition) is 2. The summed E-state index contributed by atoms with van der Waals surface area (Å²) in [5.41, 5.74) is 1.08. The maximum atomic E-state index is 14.0. The Bertz CT molecular complexity index is 496. The Morgan fingerprint density at radius 1 is 1.42 bits per heavy atom. The van der Waals surface area contributed by atoms with E-state index in [0.29, 0.717) is 23.4 Å². The van der Waals surface area contributed by atoms with Crippen LogP contribution in [0.15, 0.2) is 18.2 Å². The van der Waals surface area contributed by atoms with Gasteiger partial charge in [0, 0.05) is 18.7 Å². The summed E-state index contributed by atoms with van der Waals surface area (Å²) in [5.74, 6) is 0.305. The Morgan fingerprint density at radius 3 is 2.74 bits per heavy atom. The van der Waals surface area contributed by atoms with Crippen molar-refractivity contribution in [1.82, 2.24) is 4.90 Å². The monoisotopic (exact) mass is 260 g/mol. The molecule has 1 aliphatic heterocycles. The molecule has 0 aromatic heterocycles. The first-order valence-corrected chi connectivity index (χ1v) is 6.81. The number of nitrogens with zero attached hydrogens (tertiary/aromatic N) is 2. The van der Waals surface area contributed by atoms with Crippen LogP contribution in [0.3, 0.4) is 0 Å². The smallest absolute Gasteiger partial charge is 0.145 e. The standard InChI is InChI=1S/C16H21FN2/c1-16(2,3)14-7-8-19(11-14)10-13-6-4-5-12(9-18)15(13)17/h4-6,14H,7-8,10-11H2,1-3H3. The van der Waals surface area contributed by atoms with Crippen LogP contribution < -0.4 is 0 Å². The van der Waals surface area contributed by atoms with Crippen LogP contribution in [-0.4, -0.2) is 18.0 Å². The summed E-state index contributed by atoms with van der Waals surface area (Å²) in [4.78, 5) is 2.29. The number of rotatable bonds is 2. The molecular formula is C16H21FN2. The highest BCUT2D eigenvalue weighted by molar-refractivity contribution is 5.34. The third-order valence-electron chi connectivity index (χ3n) is 4.09. The van der Waals surface area contributed by atoms with Crippen molar-refractivity contribution < 1.29 is 4.39 Å². The molecule has 0 saturated carbocycles. The molecule has 1 heterocycles. The predicted octanol–water partition coefficient (Wildman–Crippen LogP) is 3.57. The normalized spacial score (nSPS) is 20.5. The Balaban J connectivity index is 2.06. The highest BCUT2D eigenvalue weighted by atomic mass is 19.1. The molecule has 2 rings (SSSR count). The lowest BCUT2D eigenvalue weighted by Crippen LogP contribution is -2.26. The molecule has 1 atom stereocenters. The number of nitriles is 1. The Morgan fingerprint density at radius 2 is 2.16 bits per heavy atom. The lowest BCUT2D eigenvalue weighted by atomic mass is 9.80. The lowest BCUT2D eigenvalue weighted by molar-refractivity contribution is 0.225. The summed E-state index contributed by atoms with van der Waals surface area (Å²) in [6.07, 6.45) is 1.17. The summed E-state index contributed by atoms with van der Waals surface area (Å²) in [7, 11) is 0. The number of halogens is 1. The first-order valence-electron chi connectivity index (χ1n) is 6.81. The van der Waals surface area contributed by atoms with E-state index in [1.807, 2.05) is 6.07 Å². The third-order valence-corrected chi connectivity index (χ3v) is 4.09. The fraction of sp³-hybridized carbons (Fsp3) is 0.562. The van der Waals surface area contributed by atoms with Crippen LogP contribution in [0.1, 0.15) is 38.3 Å². The maximum absolute atomic E-state index is 14.0. The molecule has 0 N–H and O–H groups in total. The molecule has 2 nitrogen and oxygen atoms in total. The molecule has 1 aliphatic rings. The van der Waals surface area contributed by atoms with Gasteiger partial charge in [0.15, 0.2) is 0 Å². The molecule has 19 heavy (non-hydrogen) atoms. The molecule has 1 aromatic carbocycles.